The van der Waals surface area contributed by atoms with E-state index in [0.29, 0.717) is 5.75 Å². The molecule has 5 heteroatoms. The van der Waals surface area contributed by atoms with Crippen LogP contribution in [0.2, 0.25) is 0 Å². The minimum atomic E-state index is 0.162. The summed E-state index contributed by atoms with van der Waals surface area (Å²) in [6.07, 6.45) is 0.754. The third-order valence-corrected chi connectivity index (χ3v) is 4.47. The van der Waals surface area contributed by atoms with E-state index in [0.717, 1.165) is 21.5 Å². The summed E-state index contributed by atoms with van der Waals surface area (Å²) in [5.74, 6) is 1.50. The van der Waals surface area contributed by atoms with Crippen LogP contribution >= 0.6 is 39.0 Å². The van der Waals surface area contributed by atoms with Crippen LogP contribution in [-0.4, -0.2) is 29.0 Å². The Bertz CT molecular complexity index is 299. The van der Waals surface area contributed by atoms with Crippen LogP contribution < -0.4 is 0 Å². The topological polar surface area (TPSA) is 37.3 Å². The third kappa shape index (κ3) is 3.73. The highest BCUT2D eigenvalue weighted by molar-refractivity contribution is 9.10. The Morgan fingerprint density at radius 1 is 1.64 bits per heavy atom. The van der Waals surface area contributed by atoms with Crippen LogP contribution in [0, 0.1) is 0 Å². The predicted octanol–water partition coefficient (Wildman–Crippen LogP) is 2.81. The Kier molecular flexibility index (Phi) is 5.77. The molecule has 1 aromatic heterocycles. The molecule has 0 aliphatic carbocycles. The summed E-state index contributed by atoms with van der Waals surface area (Å²) in [6.45, 7) is 0.198. The summed E-state index contributed by atoms with van der Waals surface area (Å²) in [6, 6.07) is 1.89. The molecule has 0 aromatic carbocycles. The average Bonchev–Trinajstić information content (AvgIpc) is 2.59. The Hall–Kier alpha value is 0.160. The fourth-order valence-corrected chi connectivity index (χ4v) is 3.32. The van der Waals surface area contributed by atoms with Crippen LogP contribution in [0.15, 0.2) is 15.9 Å². The number of halogens is 1. The predicted molar refractivity (Wildman–Crippen MR) is 65.4 cm³/mol. The van der Waals surface area contributed by atoms with E-state index < -0.39 is 0 Å². The number of hydrogen-bond donors (Lipinski definition) is 1. The van der Waals surface area contributed by atoms with Gasteiger partial charge in [-0.05, 0) is 39.6 Å². The molecule has 0 aliphatic heterocycles. The lowest BCUT2D eigenvalue weighted by Crippen LogP contribution is -2.01. The number of Topliss-reactive ketones (excluding diaryl/α,β-unsaturated/α-hetero) is 1. The van der Waals surface area contributed by atoms with Gasteiger partial charge in [-0.15, -0.1) is 11.3 Å². The number of hydrogen-bond acceptors (Lipinski definition) is 4. The lowest BCUT2D eigenvalue weighted by molar-refractivity contribution is 0.102. The number of thioether (sulfide) groups is 1. The molecule has 0 fully saturated rings. The SMILES string of the molecule is O=C(CSCCCO)c1sccc1Br. The van der Waals surface area contributed by atoms with Gasteiger partial charge in [0.05, 0.1) is 10.6 Å². The monoisotopic (exact) mass is 294 g/mol. The maximum absolute atomic E-state index is 11.6. The highest BCUT2D eigenvalue weighted by Gasteiger charge is 2.10. The molecular weight excluding hydrogens is 284 g/mol. The highest BCUT2D eigenvalue weighted by atomic mass is 79.9. The first kappa shape index (κ1) is 12.2. The summed E-state index contributed by atoms with van der Waals surface area (Å²) in [5.41, 5.74) is 0. The van der Waals surface area contributed by atoms with E-state index in [-0.39, 0.29) is 12.4 Å². The minimum absolute atomic E-state index is 0.162. The molecule has 0 saturated heterocycles. The summed E-state index contributed by atoms with van der Waals surface area (Å²) < 4.78 is 0.884. The highest BCUT2D eigenvalue weighted by Crippen LogP contribution is 2.24. The molecule has 0 unspecified atom stereocenters. The van der Waals surface area contributed by atoms with Crippen molar-refractivity contribution in [3.8, 4) is 0 Å². The van der Waals surface area contributed by atoms with Crippen molar-refractivity contribution in [3.63, 3.8) is 0 Å². The Labute approximate surface area is 99.8 Å². The van der Waals surface area contributed by atoms with Crippen LogP contribution in [-0.2, 0) is 0 Å². The quantitative estimate of drug-likeness (QED) is 0.648. The van der Waals surface area contributed by atoms with E-state index in [9.17, 15) is 4.79 Å². The van der Waals surface area contributed by atoms with Crippen molar-refractivity contribution in [1.29, 1.82) is 0 Å². The summed E-state index contributed by atoms with van der Waals surface area (Å²) in [4.78, 5) is 12.4. The summed E-state index contributed by atoms with van der Waals surface area (Å²) >= 11 is 6.36. The number of rotatable bonds is 6. The first-order valence-electron chi connectivity index (χ1n) is 4.20. The van der Waals surface area contributed by atoms with E-state index >= 15 is 0 Å². The van der Waals surface area contributed by atoms with Crippen LogP contribution in [0.25, 0.3) is 0 Å². The Morgan fingerprint density at radius 3 is 3.00 bits per heavy atom. The van der Waals surface area contributed by atoms with Gasteiger partial charge in [0.15, 0.2) is 5.78 Å². The van der Waals surface area contributed by atoms with Gasteiger partial charge in [0.25, 0.3) is 0 Å². The van der Waals surface area contributed by atoms with Crippen molar-refractivity contribution < 1.29 is 9.90 Å². The zero-order valence-corrected chi connectivity index (χ0v) is 10.8. The molecule has 0 bridgehead atoms. The molecular formula is C9H11BrO2S2. The van der Waals surface area contributed by atoms with Gasteiger partial charge in [-0.3, -0.25) is 4.79 Å². The van der Waals surface area contributed by atoms with Crippen molar-refractivity contribution in [2.45, 2.75) is 6.42 Å². The normalized spacial score (nSPS) is 10.4. The smallest absolute Gasteiger partial charge is 0.183 e. The second-order valence-electron chi connectivity index (χ2n) is 2.65. The zero-order valence-electron chi connectivity index (χ0n) is 7.53. The molecule has 1 heterocycles. The van der Waals surface area contributed by atoms with E-state index in [2.05, 4.69) is 15.9 Å². The molecule has 0 amide bonds. The number of carbonyl (C=O) groups excluding carboxylic acids is 1. The lowest BCUT2D eigenvalue weighted by atomic mass is 10.3. The second-order valence-corrected chi connectivity index (χ2v) is 5.53. The van der Waals surface area contributed by atoms with E-state index in [1.165, 1.54) is 11.3 Å². The summed E-state index contributed by atoms with van der Waals surface area (Å²) in [7, 11) is 0. The van der Waals surface area contributed by atoms with Gasteiger partial charge in [0.2, 0.25) is 0 Å². The molecule has 0 spiro atoms. The van der Waals surface area contributed by atoms with E-state index in [1.54, 1.807) is 11.8 Å². The average molecular weight is 295 g/mol. The molecule has 0 aliphatic rings. The van der Waals surface area contributed by atoms with Crippen LogP contribution in [0.3, 0.4) is 0 Å². The van der Waals surface area contributed by atoms with Gasteiger partial charge in [0.1, 0.15) is 0 Å². The fourth-order valence-electron chi connectivity index (χ4n) is 0.890. The van der Waals surface area contributed by atoms with Gasteiger partial charge in [-0.2, -0.15) is 11.8 Å². The van der Waals surface area contributed by atoms with Crippen LogP contribution in [0.5, 0.6) is 0 Å². The maximum atomic E-state index is 11.6. The van der Waals surface area contributed by atoms with Crippen LogP contribution in [0.1, 0.15) is 16.1 Å². The molecule has 78 valence electrons. The van der Waals surface area contributed by atoms with Gasteiger partial charge in [-0.25, -0.2) is 0 Å². The number of aliphatic hydroxyl groups is 1. The standard InChI is InChI=1S/C9H11BrO2S2/c10-7-2-5-14-9(7)8(12)6-13-4-1-3-11/h2,5,11H,1,3-4,6H2. The molecule has 1 aromatic rings. The number of ketones is 1. The third-order valence-electron chi connectivity index (χ3n) is 1.55. The Balaban J connectivity index is 2.32. The van der Waals surface area contributed by atoms with Crippen LogP contribution in [0.4, 0.5) is 0 Å². The van der Waals surface area contributed by atoms with Gasteiger partial charge in [-0.1, -0.05) is 0 Å². The van der Waals surface area contributed by atoms with Crippen molar-refractivity contribution in [3.05, 3.63) is 20.8 Å². The number of thiophene rings is 1. The van der Waals surface area contributed by atoms with Crippen molar-refractivity contribution in [2.24, 2.45) is 0 Å². The van der Waals surface area contributed by atoms with Crippen molar-refractivity contribution in [1.82, 2.24) is 0 Å². The minimum Gasteiger partial charge on any atom is -0.396 e. The molecule has 1 rings (SSSR count). The second kappa shape index (κ2) is 6.61. The first-order chi connectivity index (χ1) is 6.75. The Morgan fingerprint density at radius 2 is 2.43 bits per heavy atom. The molecule has 14 heavy (non-hydrogen) atoms. The molecule has 0 saturated carbocycles. The largest absolute Gasteiger partial charge is 0.396 e. The number of carbonyl (C=O) groups is 1. The number of aliphatic hydroxyl groups excluding tert-OH is 1. The van der Waals surface area contributed by atoms with Gasteiger partial charge >= 0.3 is 0 Å². The molecule has 0 atom stereocenters. The molecule has 2 nitrogen and oxygen atoms in total. The van der Waals surface area contributed by atoms with Gasteiger partial charge < -0.3 is 5.11 Å². The maximum Gasteiger partial charge on any atom is 0.183 e. The van der Waals surface area contributed by atoms with Crippen molar-refractivity contribution in [2.75, 3.05) is 18.1 Å². The van der Waals surface area contributed by atoms with E-state index in [1.807, 2.05) is 11.4 Å². The van der Waals surface area contributed by atoms with E-state index in [4.69, 9.17) is 5.11 Å². The lowest BCUT2D eigenvalue weighted by Gasteiger charge is -1.98. The molecule has 0 radical (unpaired) electrons. The fraction of sp³-hybridized carbons (Fsp3) is 0.444. The zero-order chi connectivity index (χ0) is 10.4. The first-order valence-corrected chi connectivity index (χ1v) is 7.03. The molecule has 1 N–H and O–H groups in total. The van der Waals surface area contributed by atoms with Gasteiger partial charge in [0, 0.05) is 11.1 Å². The van der Waals surface area contributed by atoms with Crippen molar-refractivity contribution >= 4 is 44.8 Å². The summed E-state index contributed by atoms with van der Waals surface area (Å²) in [5, 5.41) is 10.5.